The molecule has 0 radical (unpaired) electrons. The zero-order chi connectivity index (χ0) is 16.5. The van der Waals surface area contributed by atoms with E-state index in [-0.39, 0.29) is 18.3 Å². The van der Waals surface area contributed by atoms with Gasteiger partial charge in [0.15, 0.2) is 5.76 Å². The molecule has 6 nitrogen and oxygen atoms in total. The van der Waals surface area contributed by atoms with Gasteiger partial charge in [-0.15, -0.1) is 16.4 Å². The van der Waals surface area contributed by atoms with Crippen molar-refractivity contribution in [3.8, 4) is 22.2 Å². The second-order valence-corrected chi connectivity index (χ2v) is 5.79. The molecule has 0 spiro atoms. The summed E-state index contributed by atoms with van der Waals surface area (Å²) < 4.78 is 25.2. The SMILES string of the molecule is O=c1oc(-c2ccco2)nn1Cc1csc(-c2ccccc2F)n1. The van der Waals surface area contributed by atoms with E-state index < -0.39 is 5.76 Å². The Morgan fingerprint density at radius 3 is 2.88 bits per heavy atom. The van der Waals surface area contributed by atoms with E-state index in [1.807, 2.05) is 0 Å². The van der Waals surface area contributed by atoms with Crippen LogP contribution in [0.4, 0.5) is 4.39 Å². The molecule has 0 unspecified atom stereocenters. The second-order valence-electron chi connectivity index (χ2n) is 4.93. The predicted molar refractivity (Wildman–Crippen MR) is 85.1 cm³/mol. The first-order valence-electron chi connectivity index (χ1n) is 7.02. The fourth-order valence-electron chi connectivity index (χ4n) is 2.20. The Hall–Kier alpha value is -3.00. The molecule has 0 bridgehead atoms. The van der Waals surface area contributed by atoms with Gasteiger partial charge in [0.25, 0.3) is 5.89 Å². The van der Waals surface area contributed by atoms with Crippen molar-refractivity contribution in [1.82, 2.24) is 14.8 Å². The van der Waals surface area contributed by atoms with Crippen molar-refractivity contribution in [2.24, 2.45) is 0 Å². The molecule has 24 heavy (non-hydrogen) atoms. The molecule has 120 valence electrons. The molecule has 8 heteroatoms. The van der Waals surface area contributed by atoms with Gasteiger partial charge < -0.3 is 8.83 Å². The molecule has 0 aliphatic rings. The number of thiazole rings is 1. The third-order valence-corrected chi connectivity index (χ3v) is 4.23. The monoisotopic (exact) mass is 343 g/mol. The van der Waals surface area contributed by atoms with Gasteiger partial charge in [0.2, 0.25) is 0 Å². The molecule has 3 aromatic heterocycles. The standard InChI is InChI=1S/C16H10FN3O3S/c17-12-5-2-1-4-11(12)15-18-10(9-24-15)8-20-16(21)23-14(19-20)13-6-3-7-22-13/h1-7,9H,8H2. The number of rotatable bonds is 4. The Bertz CT molecular complexity index is 1030. The number of furan rings is 1. The summed E-state index contributed by atoms with van der Waals surface area (Å²) in [5.41, 5.74) is 1.03. The summed E-state index contributed by atoms with van der Waals surface area (Å²) >= 11 is 1.30. The number of aromatic nitrogens is 3. The van der Waals surface area contributed by atoms with Crippen molar-refractivity contribution in [3.05, 3.63) is 70.1 Å². The van der Waals surface area contributed by atoms with Crippen LogP contribution >= 0.6 is 11.3 Å². The molecule has 3 heterocycles. The summed E-state index contributed by atoms with van der Waals surface area (Å²) in [6.45, 7) is 0.133. The van der Waals surface area contributed by atoms with E-state index in [1.165, 1.54) is 23.7 Å². The van der Waals surface area contributed by atoms with Gasteiger partial charge in [0.05, 0.1) is 18.5 Å². The minimum atomic E-state index is -0.609. The van der Waals surface area contributed by atoms with Gasteiger partial charge in [-0.25, -0.2) is 14.2 Å². The zero-order valence-electron chi connectivity index (χ0n) is 12.2. The summed E-state index contributed by atoms with van der Waals surface area (Å²) in [5, 5.41) is 6.39. The highest BCUT2D eigenvalue weighted by atomic mass is 32.1. The van der Waals surface area contributed by atoms with Crippen LogP contribution in [0, 0.1) is 5.82 Å². The molecule has 0 aliphatic heterocycles. The maximum Gasteiger partial charge on any atom is 0.437 e. The van der Waals surface area contributed by atoms with E-state index in [1.54, 1.807) is 35.7 Å². The molecule has 4 rings (SSSR count). The second kappa shape index (κ2) is 5.89. The molecular formula is C16H10FN3O3S. The van der Waals surface area contributed by atoms with Crippen LogP contribution in [0.25, 0.3) is 22.2 Å². The van der Waals surface area contributed by atoms with Gasteiger partial charge >= 0.3 is 5.76 Å². The molecular weight excluding hydrogens is 333 g/mol. The van der Waals surface area contributed by atoms with E-state index in [9.17, 15) is 9.18 Å². The van der Waals surface area contributed by atoms with E-state index in [2.05, 4.69) is 10.1 Å². The van der Waals surface area contributed by atoms with Crippen LogP contribution < -0.4 is 5.76 Å². The van der Waals surface area contributed by atoms with Crippen LogP contribution in [0.3, 0.4) is 0 Å². The summed E-state index contributed by atoms with van der Waals surface area (Å²) in [4.78, 5) is 16.2. The van der Waals surface area contributed by atoms with Gasteiger partial charge in [0.1, 0.15) is 10.8 Å². The Kier molecular flexibility index (Phi) is 3.58. The smallest absolute Gasteiger partial charge is 0.437 e. The summed E-state index contributed by atoms with van der Waals surface area (Å²) in [6.07, 6.45) is 1.47. The van der Waals surface area contributed by atoms with Crippen LogP contribution in [0.5, 0.6) is 0 Å². The lowest BCUT2D eigenvalue weighted by atomic mass is 10.2. The van der Waals surface area contributed by atoms with Crippen LogP contribution in [0.15, 0.2) is 61.7 Å². The molecule has 0 aliphatic carbocycles. The van der Waals surface area contributed by atoms with Gasteiger partial charge in [-0.2, -0.15) is 4.68 Å². The van der Waals surface area contributed by atoms with E-state index >= 15 is 0 Å². The summed E-state index contributed by atoms with van der Waals surface area (Å²) in [7, 11) is 0. The highest BCUT2D eigenvalue weighted by Crippen LogP contribution is 2.26. The maximum atomic E-state index is 13.8. The van der Waals surface area contributed by atoms with E-state index in [0.29, 0.717) is 22.0 Å². The van der Waals surface area contributed by atoms with Crippen molar-refractivity contribution >= 4 is 11.3 Å². The lowest BCUT2D eigenvalue weighted by molar-refractivity contribution is 0.476. The highest BCUT2D eigenvalue weighted by Gasteiger charge is 2.15. The first kappa shape index (κ1) is 14.6. The largest absolute Gasteiger partial charge is 0.459 e. The average Bonchev–Trinajstić information content (AvgIpc) is 3.30. The highest BCUT2D eigenvalue weighted by molar-refractivity contribution is 7.13. The Morgan fingerprint density at radius 2 is 2.08 bits per heavy atom. The molecule has 0 amide bonds. The first-order valence-corrected chi connectivity index (χ1v) is 7.90. The number of hydrogen-bond acceptors (Lipinski definition) is 6. The quantitative estimate of drug-likeness (QED) is 0.568. The van der Waals surface area contributed by atoms with E-state index in [0.717, 1.165) is 4.68 Å². The van der Waals surface area contributed by atoms with Crippen molar-refractivity contribution < 1.29 is 13.2 Å². The van der Waals surface area contributed by atoms with Crippen LogP contribution in [-0.4, -0.2) is 14.8 Å². The third kappa shape index (κ3) is 2.67. The van der Waals surface area contributed by atoms with Crippen LogP contribution in [-0.2, 0) is 6.54 Å². The first-order chi connectivity index (χ1) is 11.7. The van der Waals surface area contributed by atoms with Gasteiger partial charge in [0, 0.05) is 10.9 Å². The lowest BCUT2D eigenvalue weighted by Gasteiger charge is -1.97. The average molecular weight is 343 g/mol. The number of halogens is 1. The number of hydrogen-bond donors (Lipinski definition) is 0. The van der Waals surface area contributed by atoms with E-state index in [4.69, 9.17) is 8.83 Å². The summed E-state index contributed by atoms with van der Waals surface area (Å²) in [5.74, 6) is -0.468. The normalized spacial score (nSPS) is 11.0. The predicted octanol–water partition coefficient (Wildman–Crippen LogP) is 3.41. The molecule has 4 aromatic rings. The van der Waals surface area contributed by atoms with Crippen molar-refractivity contribution in [2.75, 3.05) is 0 Å². The zero-order valence-corrected chi connectivity index (χ0v) is 13.0. The summed E-state index contributed by atoms with van der Waals surface area (Å²) in [6, 6.07) is 9.74. The van der Waals surface area contributed by atoms with Crippen LogP contribution in [0.1, 0.15) is 5.69 Å². The Balaban J connectivity index is 1.61. The maximum absolute atomic E-state index is 13.8. The van der Waals surface area contributed by atoms with Crippen molar-refractivity contribution in [1.29, 1.82) is 0 Å². The minimum absolute atomic E-state index is 0.106. The Morgan fingerprint density at radius 1 is 1.21 bits per heavy atom. The van der Waals surface area contributed by atoms with Gasteiger partial charge in [-0.3, -0.25) is 0 Å². The van der Waals surface area contributed by atoms with Crippen molar-refractivity contribution in [2.45, 2.75) is 6.54 Å². The number of nitrogens with zero attached hydrogens (tertiary/aromatic N) is 3. The fraction of sp³-hybridized carbons (Fsp3) is 0.0625. The van der Waals surface area contributed by atoms with Gasteiger partial charge in [-0.1, -0.05) is 12.1 Å². The molecule has 0 N–H and O–H groups in total. The molecule has 1 aromatic carbocycles. The third-order valence-electron chi connectivity index (χ3n) is 3.31. The number of benzene rings is 1. The minimum Gasteiger partial charge on any atom is -0.459 e. The molecule has 0 saturated carbocycles. The molecule has 0 fully saturated rings. The molecule has 0 atom stereocenters. The lowest BCUT2D eigenvalue weighted by Crippen LogP contribution is -2.16. The topological polar surface area (TPSA) is 74.1 Å². The fourth-order valence-corrected chi connectivity index (χ4v) is 3.03. The molecule has 0 saturated heterocycles. The van der Waals surface area contributed by atoms with Crippen LogP contribution in [0.2, 0.25) is 0 Å². The Labute approximate surface area is 138 Å². The van der Waals surface area contributed by atoms with Crippen molar-refractivity contribution in [3.63, 3.8) is 0 Å². The van der Waals surface area contributed by atoms with Gasteiger partial charge in [-0.05, 0) is 24.3 Å².